The van der Waals surface area contributed by atoms with E-state index in [0.717, 1.165) is 25.7 Å². The summed E-state index contributed by atoms with van der Waals surface area (Å²) in [6.07, 6.45) is 4.69. The molecule has 1 aliphatic rings. The van der Waals surface area contributed by atoms with Crippen LogP contribution in [0.15, 0.2) is 42.5 Å². The van der Waals surface area contributed by atoms with Crippen molar-refractivity contribution in [2.24, 2.45) is 0 Å². The molecule has 4 heteroatoms. The first-order chi connectivity index (χ1) is 12.1. The summed E-state index contributed by atoms with van der Waals surface area (Å²) in [5, 5.41) is 13.4. The molecular formula is C21H25NO3. The van der Waals surface area contributed by atoms with E-state index in [-0.39, 0.29) is 17.6 Å². The van der Waals surface area contributed by atoms with Crippen molar-refractivity contribution in [2.75, 3.05) is 11.9 Å². The number of fused-ring (bicyclic) bond motifs is 1. The van der Waals surface area contributed by atoms with E-state index in [1.807, 2.05) is 19.1 Å². The van der Waals surface area contributed by atoms with E-state index in [1.165, 1.54) is 5.56 Å². The number of phenolic OH excluding ortho intramolecular Hbond substituents is 1. The zero-order chi connectivity index (χ0) is 17.6. The highest BCUT2D eigenvalue weighted by Gasteiger charge is 2.25. The summed E-state index contributed by atoms with van der Waals surface area (Å²) < 4.78 is 5.76. The third-order valence-electron chi connectivity index (χ3n) is 4.48. The number of hydrogen-bond acceptors (Lipinski definition) is 4. The van der Waals surface area contributed by atoms with Gasteiger partial charge in [0.1, 0.15) is 11.5 Å². The van der Waals surface area contributed by atoms with Crippen LogP contribution in [-0.4, -0.2) is 23.5 Å². The summed E-state index contributed by atoms with van der Waals surface area (Å²) in [7, 11) is 0. The standard InChI is InChI=1S/C21H25NO3/c1-15-12-19(23)21-18(22-15)13-17(14-20(21)24)25-11-7-3-6-10-16-8-4-2-5-9-16/h2,4-5,8-9,13-15,22,24H,3,6-7,10-12H2,1H3. The Labute approximate surface area is 148 Å². The summed E-state index contributed by atoms with van der Waals surface area (Å²) in [5.41, 5.74) is 2.42. The van der Waals surface area contributed by atoms with E-state index < -0.39 is 0 Å². The molecule has 25 heavy (non-hydrogen) atoms. The van der Waals surface area contributed by atoms with Gasteiger partial charge in [0.25, 0.3) is 0 Å². The number of Topliss-reactive ketones (excluding diaryl/α,β-unsaturated/α-hetero) is 1. The van der Waals surface area contributed by atoms with Gasteiger partial charge in [-0.2, -0.15) is 0 Å². The number of rotatable bonds is 7. The highest BCUT2D eigenvalue weighted by Crippen LogP contribution is 2.36. The number of ketones is 1. The molecule has 4 nitrogen and oxygen atoms in total. The van der Waals surface area contributed by atoms with Gasteiger partial charge in [-0.3, -0.25) is 4.79 Å². The number of aryl methyl sites for hydroxylation is 1. The van der Waals surface area contributed by atoms with Crippen LogP contribution in [0.5, 0.6) is 11.5 Å². The van der Waals surface area contributed by atoms with Crippen molar-refractivity contribution in [3.8, 4) is 11.5 Å². The van der Waals surface area contributed by atoms with Crippen LogP contribution < -0.4 is 10.1 Å². The topological polar surface area (TPSA) is 58.6 Å². The summed E-state index contributed by atoms with van der Waals surface area (Å²) in [6.45, 7) is 2.56. The average Bonchev–Trinajstić information content (AvgIpc) is 2.58. The molecule has 0 aromatic heterocycles. The first kappa shape index (κ1) is 17.3. The summed E-state index contributed by atoms with van der Waals surface area (Å²) >= 11 is 0. The second kappa shape index (κ2) is 8.06. The Morgan fingerprint density at radius 1 is 1.16 bits per heavy atom. The van der Waals surface area contributed by atoms with Gasteiger partial charge in [-0.15, -0.1) is 0 Å². The van der Waals surface area contributed by atoms with Gasteiger partial charge in [0, 0.05) is 24.6 Å². The fourth-order valence-electron chi connectivity index (χ4n) is 3.23. The van der Waals surface area contributed by atoms with Crippen LogP contribution in [0.1, 0.15) is 48.5 Å². The van der Waals surface area contributed by atoms with Gasteiger partial charge >= 0.3 is 0 Å². The van der Waals surface area contributed by atoms with Crippen LogP contribution in [0.25, 0.3) is 0 Å². The lowest BCUT2D eigenvalue weighted by Crippen LogP contribution is -2.26. The maximum Gasteiger partial charge on any atom is 0.170 e. The molecule has 0 spiro atoms. The predicted octanol–water partition coefficient (Wildman–Crippen LogP) is 4.57. The molecule has 0 radical (unpaired) electrons. The highest BCUT2D eigenvalue weighted by molar-refractivity contribution is 6.06. The molecule has 0 aliphatic carbocycles. The molecule has 3 rings (SSSR count). The second-order valence-electron chi connectivity index (χ2n) is 6.68. The lowest BCUT2D eigenvalue weighted by molar-refractivity contribution is 0.0972. The second-order valence-corrected chi connectivity index (χ2v) is 6.68. The number of benzene rings is 2. The molecule has 1 unspecified atom stereocenters. The molecule has 0 fully saturated rings. The van der Waals surface area contributed by atoms with Crippen LogP contribution in [0.4, 0.5) is 5.69 Å². The van der Waals surface area contributed by atoms with Crippen molar-refractivity contribution in [2.45, 2.75) is 45.1 Å². The van der Waals surface area contributed by atoms with Crippen molar-refractivity contribution >= 4 is 11.5 Å². The molecular weight excluding hydrogens is 314 g/mol. The van der Waals surface area contributed by atoms with Crippen molar-refractivity contribution in [3.63, 3.8) is 0 Å². The van der Waals surface area contributed by atoms with Crippen molar-refractivity contribution < 1.29 is 14.6 Å². The molecule has 1 aliphatic heterocycles. The minimum Gasteiger partial charge on any atom is -0.507 e. The smallest absolute Gasteiger partial charge is 0.170 e. The Kier molecular flexibility index (Phi) is 5.59. The Hall–Kier alpha value is -2.49. The van der Waals surface area contributed by atoms with Gasteiger partial charge in [0.05, 0.1) is 17.9 Å². The van der Waals surface area contributed by atoms with Crippen LogP contribution in [-0.2, 0) is 6.42 Å². The molecule has 0 bridgehead atoms. The van der Waals surface area contributed by atoms with Crippen LogP contribution in [0.2, 0.25) is 0 Å². The number of nitrogens with one attached hydrogen (secondary N) is 1. The van der Waals surface area contributed by atoms with E-state index in [9.17, 15) is 9.90 Å². The van der Waals surface area contributed by atoms with Crippen molar-refractivity contribution in [1.82, 2.24) is 0 Å². The lowest BCUT2D eigenvalue weighted by Gasteiger charge is -2.24. The largest absolute Gasteiger partial charge is 0.507 e. The van der Waals surface area contributed by atoms with Gasteiger partial charge in [-0.25, -0.2) is 0 Å². The number of ether oxygens (including phenoxy) is 1. The SMILES string of the molecule is CC1CC(=O)c2c(O)cc(OCCCCCc3ccccc3)cc2N1. The molecule has 1 atom stereocenters. The molecule has 2 N–H and O–H groups in total. The van der Waals surface area contributed by atoms with E-state index in [0.29, 0.717) is 30.0 Å². The van der Waals surface area contributed by atoms with Crippen molar-refractivity contribution in [3.05, 3.63) is 53.6 Å². The summed E-state index contributed by atoms with van der Waals surface area (Å²) in [5.74, 6) is 0.584. The predicted molar refractivity (Wildman–Crippen MR) is 99.6 cm³/mol. The summed E-state index contributed by atoms with van der Waals surface area (Å²) in [4.78, 5) is 12.0. The Balaban J connectivity index is 1.46. The number of aromatic hydroxyl groups is 1. The van der Waals surface area contributed by atoms with Gasteiger partial charge < -0.3 is 15.2 Å². The molecule has 132 valence electrons. The molecule has 0 amide bonds. The van der Waals surface area contributed by atoms with E-state index >= 15 is 0 Å². The van der Waals surface area contributed by atoms with Crippen LogP contribution >= 0.6 is 0 Å². The lowest BCUT2D eigenvalue weighted by atomic mass is 9.96. The zero-order valence-corrected chi connectivity index (χ0v) is 14.6. The molecule has 2 aromatic rings. The maximum atomic E-state index is 12.0. The monoisotopic (exact) mass is 339 g/mol. The summed E-state index contributed by atoms with van der Waals surface area (Å²) in [6, 6.07) is 13.9. The Morgan fingerprint density at radius 2 is 1.96 bits per heavy atom. The number of phenols is 1. The molecule has 0 saturated carbocycles. The number of anilines is 1. The van der Waals surface area contributed by atoms with Gasteiger partial charge in [-0.1, -0.05) is 30.3 Å². The molecule has 2 aromatic carbocycles. The van der Waals surface area contributed by atoms with Gasteiger partial charge in [0.15, 0.2) is 5.78 Å². The number of hydrogen-bond donors (Lipinski definition) is 2. The minimum atomic E-state index is -0.0220. The molecule has 0 saturated heterocycles. The van der Waals surface area contributed by atoms with E-state index in [2.05, 4.69) is 29.6 Å². The van der Waals surface area contributed by atoms with E-state index in [1.54, 1.807) is 6.07 Å². The number of carbonyl (C=O) groups is 1. The van der Waals surface area contributed by atoms with Gasteiger partial charge in [-0.05, 0) is 38.2 Å². The fourth-order valence-corrected chi connectivity index (χ4v) is 3.23. The number of carbonyl (C=O) groups excluding carboxylic acids is 1. The normalized spacial score (nSPS) is 16.2. The zero-order valence-electron chi connectivity index (χ0n) is 14.6. The van der Waals surface area contributed by atoms with E-state index in [4.69, 9.17) is 4.74 Å². The first-order valence-electron chi connectivity index (χ1n) is 8.97. The van der Waals surface area contributed by atoms with Gasteiger partial charge in [0.2, 0.25) is 0 Å². The third-order valence-corrected chi connectivity index (χ3v) is 4.48. The maximum absolute atomic E-state index is 12.0. The van der Waals surface area contributed by atoms with Crippen LogP contribution in [0.3, 0.4) is 0 Å². The minimum absolute atomic E-state index is 0.000905. The molecule has 1 heterocycles. The Morgan fingerprint density at radius 3 is 2.76 bits per heavy atom. The highest BCUT2D eigenvalue weighted by atomic mass is 16.5. The fraction of sp³-hybridized carbons (Fsp3) is 0.381. The Bertz CT molecular complexity index is 727. The quantitative estimate of drug-likeness (QED) is 0.726. The third kappa shape index (κ3) is 4.53. The number of unbranched alkanes of at least 4 members (excludes halogenated alkanes) is 2. The van der Waals surface area contributed by atoms with Crippen LogP contribution in [0, 0.1) is 0 Å². The average molecular weight is 339 g/mol. The van der Waals surface area contributed by atoms with Crippen molar-refractivity contribution in [1.29, 1.82) is 0 Å². The first-order valence-corrected chi connectivity index (χ1v) is 8.97.